The van der Waals surface area contributed by atoms with E-state index in [1.54, 1.807) is 0 Å². The molecule has 176 valence electrons. The number of nitrogens with zero attached hydrogens (tertiary/aromatic N) is 2. The molecule has 0 fully saturated rings. The van der Waals surface area contributed by atoms with Crippen molar-refractivity contribution in [2.75, 3.05) is 12.9 Å². The van der Waals surface area contributed by atoms with Crippen LogP contribution >= 0.6 is 0 Å². The fraction of sp³-hybridized carbons (Fsp3) is 0.273. The van der Waals surface area contributed by atoms with Crippen molar-refractivity contribution in [2.24, 2.45) is 0 Å². The topological polar surface area (TPSA) is 119 Å². The van der Waals surface area contributed by atoms with Gasteiger partial charge in [-0.3, -0.25) is 4.79 Å². The van der Waals surface area contributed by atoms with Crippen LogP contribution in [0.3, 0.4) is 0 Å². The molecular formula is C22H22F2N2O6S. The van der Waals surface area contributed by atoms with E-state index >= 15 is 0 Å². The van der Waals surface area contributed by atoms with Crippen molar-refractivity contribution in [1.29, 1.82) is 0 Å². The summed E-state index contributed by atoms with van der Waals surface area (Å²) in [6.45, 7) is 2.18. The minimum Gasteiger partial charge on any atom is -0.484 e. The van der Waals surface area contributed by atoms with Crippen LogP contribution in [0.4, 0.5) is 8.78 Å². The molecule has 0 aliphatic carbocycles. The van der Waals surface area contributed by atoms with Gasteiger partial charge >= 0.3 is 5.56 Å². The molecule has 8 nitrogen and oxygen atoms in total. The Labute approximate surface area is 188 Å². The molecule has 0 spiro atoms. The highest BCUT2D eigenvalue weighted by Crippen LogP contribution is 2.29. The van der Waals surface area contributed by atoms with Crippen LogP contribution in [0.1, 0.15) is 13.8 Å². The Hall–Kier alpha value is -3.15. The molecule has 0 aliphatic rings. The lowest BCUT2D eigenvalue weighted by Gasteiger charge is -2.26. The van der Waals surface area contributed by atoms with Gasteiger partial charge in [-0.15, -0.1) is 0 Å². The average molecular weight is 480 g/mol. The second kappa shape index (κ2) is 9.00. The van der Waals surface area contributed by atoms with Crippen LogP contribution in [0.25, 0.3) is 16.8 Å². The zero-order valence-corrected chi connectivity index (χ0v) is 18.8. The van der Waals surface area contributed by atoms with Gasteiger partial charge in [-0.25, -0.2) is 17.2 Å². The van der Waals surface area contributed by atoms with Gasteiger partial charge in [0.05, 0.1) is 22.9 Å². The summed E-state index contributed by atoms with van der Waals surface area (Å²) in [5.41, 5.74) is -2.06. The molecular weight excluding hydrogens is 458 g/mol. The molecule has 0 saturated carbocycles. The molecule has 1 heterocycles. The molecule has 2 aromatic carbocycles. The average Bonchev–Trinajstić information content (AvgIpc) is 2.74. The second-order valence-electron chi connectivity index (χ2n) is 7.82. The number of hydrogen-bond acceptors (Lipinski definition) is 7. The van der Waals surface area contributed by atoms with Crippen molar-refractivity contribution in [3.05, 3.63) is 70.6 Å². The van der Waals surface area contributed by atoms with Crippen LogP contribution < -0.4 is 10.3 Å². The largest absolute Gasteiger partial charge is 0.484 e. The van der Waals surface area contributed by atoms with E-state index in [2.05, 4.69) is 5.10 Å². The molecule has 0 amide bonds. The van der Waals surface area contributed by atoms with Gasteiger partial charge in [0.1, 0.15) is 12.2 Å². The zero-order chi connectivity index (χ0) is 24.6. The van der Waals surface area contributed by atoms with E-state index in [0.717, 1.165) is 29.1 Å². The van der Waals surface area contributed by atoms with Crippen molar-refractivity contribution in [3.8, 4) is 22.6 Å². The molecule has 0 bridgehead atoms. The number of rotatable bonds is 7. The third-order valence-corrected chi connectivity index (χ3v) is 6.21. The Kier molecular flexibility index (Phi) is 6.68. The van der Waals surface area contributed by atoms with Gasteiger partial charge in [0, 0.05) is 17.9 Å². The summed E-state index contributed by atoms with van der Waals surface area (Å²) in [5.74, 6) is -2.57. The summed E-state index contributed by atoms with van der Waals surface area (Å²) in [4.78, 5) is 13.3. The third-order valence-electron chi connectivity index (χ3n) is 5.08. The van der Waals surface area contributed by atoms with Crippen molar-refractivity contribution in [1.82, 2.24) is 9.78 Å². The van der Waals surface area contributed by atoms with Crippen LogP contribution in [0.2, 0.25) is 0 Å². The first-order valence-corrected chi connectivity index (χ1v) is 11.6. The molecule has 2 atom stereocenters. The van der Waals surface area contributed by atoms with E-state index in [1.807, 2.05) is 0 Å². The van der Waals surface area contributed by atoms with Crippen molar-refractivity contribution in [3.63, 3.8) is 0 Å². The molecule has 2 unspecified atom stereocenters. The van der Waals surface area contributed by atoms with Crippen molar-refractivity contribution in [2.45, 2.75) is 30.4 Å². The van der Waals surface area contributed by atoms with Gasteiger partial charge in [-0.1, -0.05) is 12.1 Å². The van der Waals surface area contributed by atoms with E-state index in [9.17, 15) is 32.2 Å². The Morgan fingerprint density at radius 2 is 1.79 bits per heavy atom. The van der Waals surface area contributed by atoms with Crippen LogP contribution in [0.5, 0.6) is 5.75 Å². The number of hydrogen-bond donors (Lipinski definition) is 2. The lowest BCUT2D eigenvalue weighted by atomic mass is 10.0. The van der Waals surface area contributed by atoms with Gasteiger partial charge in [0.2, 0.25) is 0 Å². The molecule has 1 aromatic heterocycles. The number of halogens is 2. The summed E-state index contributed by atoms with van der Waals surface area (Å²) in [5, 5.41) is 24.1. The maximum atomic E-state index is 13.7. The lowest BCUT2D eigenvalue weighted by Crippen LogP contribution is -2.43. The van der Waals surface area contributed by atoms with E-state index < -0.39 is 45.3 Å². The molecule has 3 aromatic rings. The number of ether oxygens (including phenoxy) is 1. The molecule has 0 radical (unpaired) electrons. The minimum absolute atomic E-state index is 0.0637. The van der Waals surface area contributed by atoms with E-state index in [0.29, 0.717) is 5.56 Å². The van der Waals surface area contributed by atoms with E-state index in [4.69, 9.17) is 4.74 Å². The molecule has 3 rings (SSSR count). The summed E-state index contributed by atoms with van der Waals surface area (Å²) < 4.78 is 56.9. The highest BCUT2D eigenvalue weighted by molar-refractivity contribution is 7.90. The quantitative estimate of drug-likeness (QED) is 0.532. The van der Waals surface area contributed by atoms with Gasteiger partial charge in [0.25, 0.3) is 0 Å². The second-order valence-corrected chi connectivity index (χ2v) is 9.84. The molecule has 33 heavy (non-hydrogen) atoms. The highest BCUT2D eigenvalue weighted by Gasteiger charge is 2.29. The number of aliphatic hydroxyl groups excluding tert-OH is 1. The number of aromatic nitrogens is 2. The van der Waals surface area contributed by atoms with E-state index in [1.165, 1.54) is 44.3 Å². The summed E-state index contributed by atoms with van der Waals surface area (Å²) in [6.07, 6.45) is 1.11. The molecule has 2 N–H and O–H groups in total. The lowest BCUT2D eigenvalue weighted by molar-refractivity contribution is -0.0780. The molecule has 0 saturated heterocycles. The monoisotopic (exact) mass is 480 g/mol. The summed E-state index contributed by atoms with van der Waals surface area (Å²) >= 11 is 0. The van der Waals surface area contributed by atoms with Crippen molar-refractivity contribution >= 4 is 9.84 Å². The highest BCUT2D eigenvalue weighted by atomic mass is 32.2. The van der Waals surface area contributed by atoms with Gasteiger partial charge in [-0.2, -0.15) is 9.78 Å². The zero-order valence-electron chi connectivity index (χ0n) is 18.0. The number of sulfone groups is 1. The Morgan fingerprint density at radius 3 is 2.33 bits per heavy atom. The SMILES string of the molecule is CC(O)C(C)(O)COc1c(-c2ccc(S(C)(=O)=O)cc2)cnn(-c2ccc(F)c(F)c2)c1=O. The van der Waals surface area contributed by atoms with Gasteiger partial charge in [-0.05, 0) is 43.7 Å². The minimum atomic E-state index is -3.45. The first kappa shape index (κ1) is 24.5. The molecule has 11 heteroatoms. The maximum absolute atomic E-state index is 13.7. The predicted octanol–water partition coefficient (Wildman–Crippen LogP) is 2.09. The summed E-state index contributed by atoms with van der Waals surface area (Å²) in [6, 6.07) is 8.39. The fourth-order valence-electron chi connectivity index (χ4n) is 2.80. The predicted molar refractivity (Wildman–Crippen MR) is 116 cm³/mol. The fourth-order valence-corrected chi connectivity index (χ4v) is 3.43. The number of aliphatic hydroxyl groups is 2. The third kappa shape index (κ3) is 5.27. The van der Waals surface area contributed by atoms with Crippen LogP contribution in [0, 0.1) is 11.6 Å². The standard InChI is InChI=1S/C22H22F2N2O6S/c1-13(27)22(2,29)12-32-20-17(14-4-7-16(8-5-14)33(3,30)31)11-25-26(21(20)28)15-6-9-18(23)19(24)10-15/h4-11,13,27,29H,12H2,1-3H3. The maximum Gasteiger partial charge on any atom is 0.314 e. The van der Waals surface area contributed by atoms with Crippen LogP contribution in [-0.4, -0.2) is 53.0 Å². The first-order valence-electron chi connectivity index (χ1n) is 9.73. The van der Waals surface area contributed by atoms with Gasteiger partial charge < -0.3 is 14.9 Å². The number of benzene rings is 2. The Morgan fingerprint density at radius 1 is 1.15 bits per heavy atom. The van der Waals surface area contributed by atoms with Crippen molar-refractivity contribution < 1.29 is 32.1 Å². The van der Waals surface area contributed by atoms with Crippen LogP contribution in [-0.2, 0) is 9.84 Å². The molecule has 0 aliphatic heterocycles. The van der Waals surface area contributed by atoms with E-state index in [-0.39, 0.29) is 21.9 Å². The first-order chi connectivity index (χ1) is 15.3. The normalized spacial score (nSPS) is 14.5. The Balaban J connectivity index is 2.15. The smallest absolute Gasteiger partial charge is 0.314 e. The Bertz CT molecular complexity index is 1340. The summed E-state index contributed by atoms with van der Waals surface area (Å²) in [7, 11) is -3.45. The van der Waals surface area contributed by atoms with Gasteiger partial charge in [0.15, 0.2) is 27.2 Å². The van der Waals surface area contributed by atoms with Crippen LogP contribution in [0.15, 0.2) is 58.4 Å².